The molecule has 1 N–H and O–H groups in total. The van der Waals surface area contributed by atoms with Crippen LogP contribution < -0.4 is 5.32 Å². The van der Waals surface area contributed by atoms with Crippen molar-refractivity contribution in [2.45, 2.75) is 51.7 Å². The molecule has 2 atom stereocenters. The highest BCUT2D eigenvalue weighted by atomic mass is 35.5. The Kier molecular flexibility index (Phi) is 9.55. The molecule has 34 heavy (non-hydrogen) atoms. The van der Waals surface area contributed by atoms with Gasteiger partial charge < -0.3 is 10.2 Å². The summed E-state index contributed by atoms with van der Waals surface area (Å²) in [7, 11) is 0. The van der Waals surface area contributed by atoms with Crippen LogP contribution in [0.5, 0.6) is 0 Å². The number of hydrogen-bond donors (Lipinski definition) is 1. The molecular formula is C28H30Cl2N2O2. The zero-order valence-electron chi connectivity index (χ0n) is 19.5. The standard InChI is InChI=1S/C28H30Cl2N2O2/c1-3-20(2)31-28(34)26(17-21-8-5-4-6-9-21)32(19-22-12-14-24(29)15-13-22)27(33)18-23-10-7-11-25(30)16-23/h4-16,20,26H,3,17-19H2,1-2H3,(H,31,34)/t20-,26-/m1/s1. The third-order valence-electron chi connectivity index (χ3n) is 5.78. The largest absolute Gasteiger partial charge is 0.352 e. The molecule has 0 radical (unpaired) electrons. The van der Waals surface area contributed by atoms with Crippen LogP contribution in [0.2, 0.25) is 10.0 Å². The van der Waals surface area contributed by atoms with Crippen LogP contribution in [-0.2, 0) is 29.0 Å². The summed E-state index contributed by atoms with van der Waals surface area (Å²) >= 11 is 12.2. The van der Waals surface area contributed by atoms with Gasteiger partial charge in [-0.2, -0.15) is 0 Å². The molecule has 0 heterocycles. The lowest BCUT2D eigenvalue weighted by Crippen LogP contribution is -2.52. The summed E-state index contributed by atoms with van der Waals surface area (Å²) in [6.45, 7) is 4.28. The number of carbonyl (C=O) groups is 2. The molecule has 6 heteroatoms. The summed E-state index contributed by atoms with van der Waals surface area (Å²) < 4.78 is 0. The van der Waals surface area contributed by atoms with E-state index in [0.29, 0.717) is 23.0 Å². The topological polar surface area (TPSA) is 49.4 Å². The molecule has 0 saturated carbocycles. The zero-order chi connectivity index (χ0) is 24.5. The van der Waals surface area contributed by atoms with Gasteiger partial charge in [-0.25, -0.2) is 0 Å². The first-order valence-electron chi connectivity index (χ1n) is 11.5. The van der Waals surface area contributed by atoms with Gasteiger partial charge in [0.15, 0.2) is 0 Å². The fraction of sp³-hybridized carbons (Fsp3) is 0.286. The molecule has 2 amide bonds. The third kappa shape index (κ3) is 7.61. The van der Waals surface area contributed by atoms with E-state index in [1.807, 2.05) is 68.4 Å². The molecule has 4 nitrogen and oxygen atoms in total. The molecule has 0 saturated heterocycles. The van der Waals surface area contributed by atoms with Gasteiger partial charge in [-0.15, -0.1) is 0 Å². The minimum atomic E-state index is -0.668. The second-order valence-electron chi connectivity index (χ2n) is 8.48. The quantitative estimate of drug-likeness (QED) is 0.369. The van der Waals surface area contributed by atoms with Crippen LogP contribution in [0.15, 0.2) is 78.9 Å². The van der Waals surface area contributed by atoms with Crippen LogP contribution in [0.1, 0.15) is 37.0 Å². The predicted octanol–water partition coefficient (Wildman–Crippen LogP) is 6.09. The molecule has 0 aliphatic rings. The van der Waals surface area contributed by atoms with Crippen LogP contribution in [-0.4, -0.2) is 28.8 Å². The summed E-state index contributed by atoms with van der Waals surface area (Å²) in [5, 5.41) is 4.27. The molecule has 0 aromatic heterocycles. The summed E-state index contributed by atoms with van der Waals surface area (Å²) in [4.78, 5) is 28.8. The maximum Gasteiger partial charge on any atom is 0.243 e. The van der Waals surface area contributed by atoms with Crippen molar-refractivity contribution in [2.75, 3.05) is 0 Å². The van der Waals surface area contributed by atoms with Crippen molar-refractivity contribution in [3.05, 3.63) is 106 Å². The van der Waals surface area contributed by atoms with E-state index < -0.39 is 6.04 Å². The van der Waals surface area contributed by atoms with Gasteiger partial charge in [0.05, 0.1) is 6.42 Å². The zero-order valence-corrected chi connectivity index (χ0v) is 21.0. The minimum Gasteiger partial charge on any atom is -0.352 e. The van der Waals surface area contributed by atoms with E-state index in [1.165, 1.54) is 0 Å². The number of amides is 2. The normalized spacial score (nSPS) is 12.6. The molecule has 0 aliphatic carbocycles. The summed E-state index contributed by atoms with van der Waals surface area (Å²) in [6.07, 6.45) is 1.37. The molecule has 3 aromatic carbocycles. The van der Waals surface area contributed by atoms with Crippen molar-refractivity contribution in [3.8, 4) is 0 Å². The van der Waals surface area contributed by atoms with Crippen molar-refractivity contribution in [1.82, 2.24) is 10.2 Å². The molecule has 0 fully saturated rings. The SMILES string of the molecule is CC[C@@H](C)NC(=O)[C@@H](Cc1ccccc1)N(Cc1ccc(Cl)cc1)C(=O)Cc1cccc(Cl)c1. The van der Waals surface area contributed by atoms with Gasteiger partial charge in [0, 0.05) is 29.1 Å². The fourth-order valence-electron chi connectivity index (χ4n) is 3.70. The van der Waals surface area contributed by atoms with E-state index in [-0.39, 0.29) is 24.3 Å². The second-order valence-corrected chi connectivity index (χ2v) is 9.35. The Labute approximate surface area is 211 Å². The van der Waals surface area contributed by atoms with Crippen molar-refractivity contribution in [1.29, 1.82) is 0 Å². The Balaban J connectivity index is 1.96. The van der Waals surface area contributed by atoms with E-state index in [0.717, 1.165) is 23.1 Å². The van der Waals surface area contributed by atoms with Crippen LogP contribution in [0, 0.1) is 0 Å². The monoisotopic (exact) mass is 496 g/mol. The van der Waals surface area contributed by atoms with Crippen LogP contribution >= 0.6 is 23.2 Å². The summed E-state index contributed by atoms with van der Waals surface area (Å²) in [5.41, 5.74) is 2.70. The summed E-state index contributed by atoms with van der Waals surface area (Å²) in [5.74, 6) is -0.302. The van der Waals surface area contributed by atoms with E-state index in [2.05, 4.69) is 5.32 Å². The maximum atomic E-state index is 13.7. The second kappa shape index (κ2) is 12.6. The minimum absolute atomic E-state index is 0.00573. The first-order chi connectivity index (χ1) is 16.4. The third-order valence-corrected chi connectivity index (χ3v) is 6.27. The van der Waals surface area contributed by atoms with E-state index in [4.69, 9.17) is 23.2 Å². The van der Waals surface area contributed by atoms with E-state index in [9.17, 15) is 9.59 Å². The molecule has 0 bridgehead atoms. The molecular weight excluding hydrogens is 467 g/mol. The van der Waals surface area contributed by atoms with Gasteiger partial charge >= 0.3 is 0 Å². The lowest BCUT2D eigenvalue weighted by Gasteiger charge is -2.32. The van der Waals surface area contributed by atoms with Gasteiger partial charge in [0.2, 0.25) is 11.8 Å². The number of hydrogen-bond acceptors (Lipinski definition) is 2. The van der Waals surface area contributed by atoms with Gasteiger partial charge in [0.1, 0.15) is 6.04 Å². The highest BCUT2D eigenvalue weighted by molar-refractivity contribution is 6.30. The highest BCUT2D eigenvalue weighted by Gasteiger charge is 2.31. The van der Waals surface area contributed by atoms with Crippen molar-refractivity contribution in [2.24, 2.45) is 0 Å². The highest BCUT2D eigenvalue weighted by Crippen LogP contribution is 2.19. The Hall–Kier alpha value is -2.82. The first kappa shape index (κ1) is 25.8. The van der Waals surface area contributed by atoms with Gasteiger partial charge in [-0.1, -0.05) is 84.7 Å². The average Bonchev–Trinajstić information content (AvgIpc) is 2.83. The number of halogens is 2. The van der Waals surface area contributed by atoms with Gasteiger partial charge in [-0.05, 0) is 54.3 Å². The van der Waals surface area contributed by atoms with Crippen LogP contribution in [0.4, 0.5) is 0 Å². The number of nitrogens with zero attached hydrogens (tertiary/aromatic N) is 1. The molecule has 3 rings (SSSR count). The van der Waals surface area contributed by atoms with Gasteiger partial charge in [-0.3, -0.25) is 9.59 Å². The fourth-order valence-corrected chi connectivity index (χ4v) is 4.04. The molecule has 178 valence electrons. The van der Waals surface area contributed by atoms with E-state index >= 15 is 0 Å². The number of carbonyl (C=O) groups excluding carboxylic acids is 2. The average molecular weight is 497 g/mol. The summed E-state index contributed by atoms with van der Waals surface area (Å²) in [6, 6.07) is 23.7. The molecule has 0 unspecified atom stereocenters. The van der Waals surface area contributed by atoms with Crippen molar-refractivity contribution in [3.63, 3.8) is 0 Å². The van der Waals surface area contributed by atoms with Gasteiger partial charge in [0.25, 0.3) is 0 Å². The first-order valence-corrected chi connectivity index (χ1v) is 12.2. The Morgan fingerprint density at radius 2 is 1.53 bits per heavy atom. The Morgan fingerprint density at radius 1 is 0.853 bits per heavy atom. The smallest absolute Gasteiger partial charge is 0.243 e. The predicted molar refractivity (Wildman–Crippen MR) is 139 cm³/mol. The van der Waals surface area contributed by atoms with Crippen molar-refractivity contribution >= 4 is 35.0 Å². The Bertz CT molecular complexity index is 1090. The van der Waals surface area contributed by atoms with Crippen LogP contribution in [0.3, 0.4) is 0 Å². The molecule has 3 aromatic rings. The number of benzene rings is 3. The van der Waals surface area contributed by atoms with E-state index in [1.54, 1.807) is 29.2 Å². The Morgan fingerprint density at radius 3 is 2.18 bits per heavy atom. The lowest BCUT2D eigenvalue weighted by molar-refractivity contribution is -0.141. The number of rotatable bonds is 10. The molecule has 0 aliphatic heterocycles. The maximum absolute atomic E-state index is 13.7. The van der Waals surface area contributed by atoms with Crippen LogP contribution in [0.25, 0.3) is 0 Å². The lowest BCUT2D eigenvalue weighted by atomic mass is 10.0. The number of nitrogens with one attached hydrogen (secondary N) is 1. The molecule has 0 spiro atoms. The van der Waals surface area contributed by atoms with Crippen molar-refractivity contribution < 1.29 is 9.59 Å².